The predicted octanol–water partition coefficient (Wildman–Crippen LogP) is 3.88. The first-order valence-electron chi connectivity index (χ1n) is 11.8. The second-order valence-corrected chi connectivity index (χ2v) is 8.45. The molecule has 0 saturated carbocycles. The van der Waals surface area contributed by atoms with E-state index in [2.05, 4.69) is 0 Å². The van der Waals surface area contributed by atoms with Gasteiger partial charge < -0.3 is 23.7 Å². The molecule has 0 aromatic heterocycles. The second kappa shape index (κ2) is 13.2. The van der Waals surface area contributed by atoms with Crippen LogP contribution >= 0.6 is 0 Å². The molecule has 4 atom stereocenters. The van der Waals surface area contributed by atoms with E-state index in [1.807, 2.05) is 91.0 Å². The molecule has 0 unspecified atom stereocenters. The van der Waals surface area contributed by atoms with Gasteiger partial charge in [-0.15, -0.1) is 0 Å². The Morgan fingerprint density at radius 2 is 1.17 bits per heavy atom. The topological polar surface area (TPSA) is 80.3 Å². The molecular formula is C29H30O7. The largest absolute Gasteiger partial charge is 0.374 e. The van der Waals surface area contributed by atoms with Crippen LogP contribution in [0.5, 0.6) is 0 Å². The number of ketones is 2. The Morgan fingerprint density at radius 3 is 1.69 bits per heavy atom. The molecule has 1 saturated heterocycles. The average Bonchev–Trinajstić information content (AvgIpc) is 3.02. The standard InChI is InChI=1S/C29H30O7/c1-32-29-26(31)25(30)28(35-19-23-15-9-4-10-16-23)27(34-18-22-13-7-3-8-14-22)24(36-29)20-33-17-21-11-5-2-6-12-21/h2-16,24,27-29H,17-20H2,1H3/t24-,27+,28-,29+/m1/s1. The number of benzene rings is 3. The minimum absolute atomic E-state index is 0.0694. The van der Waals surface area contributed by atoms with Crippen molar-refractivity contribution >= 4 is 11.6 Å². The molecule has 36 heavy (non-hydrogen) atoms. The molecule has 0 spiro atoms. The van der Waals surface area contributed by atoms with Crippen molar-refractivity contribution in [1.82, 2.24) is 0 Å². The van der Waals surface area contributed by atoms with E-state index >= 15 is 0 Å². The zero-order valence-corrected chi connectivity index (χ0v) is 20.2. The third kappa shape index (κ3) is 6.94. The highest BCUT2D eigenvalue weighted by Gasteiger charge is 2.47. The van der Waals surface area contributed by atoms with Crippen molar-refractivity contribution in [3.05, 3.63) is 108 Å². The van der Waals surface area contributed by atoms with E-state index in [1.54, 1.807) is 0 Å². The van der Waals surface area contributed by atoms with Crippen LogP contribution in [-0.4, -0.2) is 49.9 Å². The van der Waals surface area contributed by atoms with Crippen LogP contribution in [0.3, 0.4) is 0 Å². The Labute approximate surface area is 210 Å². The van der Waals surface area contributed by atoms with Gasteiger partial charge in [-0.25, -0.2) is 0 Å². The Morgan fingerprint density at radius 1 is 0.667 bits per heavy atom. The highest BCUT2D eigenvalue weighted by Crippen LogP contribution is 2.24. The van der Waals surface area contributed by atoms with Crippen molar-refractivity contribution in [3.8, 4) is 0 Å². The quantitative estimate of drug-likeness (QED) is 0.377. The molecule has 0 radical (unpaired) electrons. The summed E-state index contributed by atoms with van der Waals surface area (Å²) in [4.78, 5) is 26.1. The van der Waals surface area contributed by atoms with E-state index in [1.165, 1.54) is 7.11 Å². The van der Waals surface area contributed by atoms with Crippen molar-refractivity contribution in [3.63, 3.8) is 0 Å². The number of carbonyl (C=O) groups is 2. The van der Waals surface area contributed by atoms with Gasteiger partial charge in [0.2, 0.25) is 12.1 Å². The summed E-state index contributed by atoms with van der Waals surface area (Å²) in [6, 6.07) is 28.7. The molecule has 0 aliphatic carbocycles. The first-order valence-corrected chi connectivity index (χ1v) is 11.8. The Kier molecular flexibility index (Phi) is 9.49. The van der Waals surface area contributed by atoms with Crippen LogP contribution < -0.4 is 0 Å². The fourth-order valence-electron chi connectivity index (χ4n) is 3.95. The first kappa shape index (κ1) is 25.9. The number of hydrogen-bond donors (Lipinski definition) is 0. The maximum atomic E-state index is 13.2. The SMILES string of the molecule is CO[C@H]1O[C@H](COCc2ccccc2)[C@H](OCc2ccccc2)[C@H](OCc2ccccc2)C(=O)C1=O. The van der Waals surface area contributed by atoms with Gasteiger partial charge in [-0.2, -0.15) is 0 Å². The fourth-order valence-corrected chi connectivity index (χ4v) is 3.95. The van der Waals surface area contributed by atoms with Gasteiger partial charge in [-0.1, -0.05) is 91.0 Å². The summed E-state index contributed by atoms with van der Waals surface area (Å²) in [5.74, 6) is -1.56. The zero-order chi connectivity index (χ0) is 25.2. The van der Waals surface area contributed by atoms with Crippen molar-refractivity contribution in [2.75, 3.05) is 13.7 Å². The van der Waals surface area contributed by atoms with Gasteiger partial charge in [0.1, 0.15) is 12.2 Å². The third-order valence-corrected chi connectivity index (χ3v) is 5.84. The average molecular weight is 491 g/mol. The maximum Gasteiger partial charge on any atom is 0.257 e. The molecule has 1 fully saturated rings. The molecule has 7 heteroatoms. The van der Waals surface area contributed by atoms with Crippen molar-refractivity contribution in [2.45, 2.75) is 44.4 Å². The summed E-state index contributed by atoms with van der Waals surface area (Å²) in [7, 11) is 1.32. The molecule has 1 heterocycles. The molecule has 0 bridgehead atoms. The van der Waals surface area contributed by atoms with E-state index in [-0.39, 0.29) is 19.8 Å². The number of Topliss-reactive ketones (excluding diaryl/α,β-unsaturated/α-hetero) is 2. The Hall–Kier alpha value is -3.20. The summed E-state index contributed by atoms with van der Waals surface area (Å²) < 4.78 is 29.3. The summed E-state index contributed by atoms with van der Waals surface area (Å²) in [6.07, 6.45) is -4.25. The minimum atomic E-state index is -1.36. The lowest BCUT2D eigenvalue weighted by Gasteiger charge is -2.30. The number of methoxy groups -OCH3 is 1. The molecule has 188 valence electrons. The van der Waals surface area contributed by atoms with E-state index in [0.717, 1.165) is 16.7 Å². The lowest BCUT2D eigenvalue weighted by atomic mass is 10.0. The minimum Gasteiger partial charge on any atom is -0.374 e. The van der Waals surface area contributed by atoms with Crippen molar-refractivity contribution < 1.29 is 33.3 Å². The summed E-state index contributed by atoms with van der Waals surface area (Å²) in [5, 5.41) is 0. The lowest BCUT2D eigenvalue weighted by Crippen LogP contribution is -2.47. The van der Waals surface area contributed by atoms with Gasteiger partial charge in [0.15, 0.2) is 6.10 Å². The van der Waals surface area contributed by atoms with Gasteiger partial charge in [0, 0.05) is 7.11 Å². The van der Waals surface area contributed by atoms with E-state index in [4.69, 9.17) is 23.7 Å². The first-order chi connectivity index (χ1) is 17.7. The second-order valence-electron chi connectivity index (χ2n) is 8.45. The Balaban J connectivity index is 1.56. The highest BCUT2D eigenvalue weighted by atomic mass is 16.7. The molecule has 1 aliphatic heterocycles. The van der Waals surface area contributed by atoms with Crippen LogP contribution in [0.15, 0.2) is 91.0 Å². The number of ether oxygens (including phenoxy) is 5. The molecule has 3 aromatic carbocycles. The smallest absolute Gasteiger partial charge is 0.257 e. The number of hydrogen-bond acceptors (Lipinski definition) is 7. The molecule has 4 rings (SSSR count). The molecule has 7 nitrogen and oxygen atoms in total. The fraction of sp³-hybridized carbons (Fsp3) is 0.310. The number of carbonyl (C=O) groups excluding carboxylic acids is 2. The van der Waals surface area contributed by atoms with E-state index in [9.17, 15) is 9.59 Å². The molecule has 3 aromatic rings. The van der Waals surface area contributed by atoms with E-state index < -0.39 is 36.2 Å². The van der Waals surface area contributed by atoms with Crippen LogP contribution in [0.25, 0.3) is 0 Å². The van der Waals surface area contributed by atoms with Gasteiger partial charge >= 0.3 is 0 Å². The molecular weight excluding hydrogens is 460 g/mol. The van der Waals surface area contributed by atoms with Gasteiger partial charge in [-0.05, 0) is 16.7 Å². The van der Waals surface area contributed by atoms with Crippen LogP contribution in [0, 0.1) is 0 Å². The lowest BCUT2D eigenvalue weighted by molar-refractivity contribution is -0.205. The zero-order valence-electron chi connectivity index (χ0n) is 20.2. The Bertz CT molecular complexity index is 1090. The van der Waals surface area contributed by atoms with Gasteiger partial charge in [-0.3, -0.25) is 9.59 Å². The van der Waals surface area contributed by atoms with Gasteiger partial charge in [0.25, 0.3) is 5.78 Å². The van der Waals surface area contributed by atoms with Crippen LogP contribution in [0.4, 0.5) is 0 Å². The van der Waals surface area contributed by atoms with Crippen LogP contribution in [-0.2, 0) is 53.1 Å². The van der Waals surface area contributed by atoms with Crippen molar-refractivity contribution in [1.29, 1.82) is 0 Å². The van der Waals surface area contributed by atoms with Gasteiger partial charge in [0.05, 0.1) is 26.4 Å². The summed E-state index contributed by atoms with van der Waals surface area (Å²) in [6.45, 7) is 0.737. The normalized spacial score (nSPS) is 22.4. The molecule has 0 amide bonds. The predicted molar refractivity (Wildman–Crippen MR) is 132 cm³/mol. The summed E-state index contributed by atoms with van der Waals surface area (Å²) >= 11 is 0. The monoisotopic (exact) mass is 490 g/mol. The maximum absolute atomic E-state index is 13.2. The highest BCUT2D eigenvalue weighted by molar-refractivity contribution is 6.40. The van der Waals surface area contributed by atoms with Crippen LogP contribution in [0.1, 0.15) is 16.7 Å². The number of rotatable bonds is 11. The third-order valence-electron chi connectivity index (χ3n) is 5.84. The van der Waals surface area contributed by atoms with Crippen molar-refractivity contribution in [2.24, 2.45) is 0 Å². The summed E-state index contributed by atoms with van der Waals surface area (Å²) in [5.41, 5.74) is 2.76. The van der Waals surface area contributed by atoms with E-state index in [0.29, 0.717) is 6.61 Å². The van der Waals surface area contributed by atoms with Crippen LogP contribution in [0.2, 0.25) is 0 Å². The molecule has 1 aliphatic rings. The molecule has 0 N–H and O–H groups in total.